The van der Waals surface area contributed by atoms with E-state index in [-0.39, 0.29) is 5.91 Å². The number of aryl methyl sites for hydroxylation is 1. The molecule has 1 atom stereocenters. The van der Waals surface area contributed by atoms with E-state index in [1.807, 2.05) is 51.1 Å². The van der Waals surface area contributed by atoms with Crippen molar-refractivity contribution in [1.29, 1.82) is 0 Å². The molecular formula is C20H24ClNO3. The van der Waals surface area contributed by atoms with Crippen molar-refractivity contribution in [3.8, 4) is 11.5 Å². The Morgan fingerprint density at radius 2 is 1.80 bits per heavy atom. The first-order chi connectivity index (χ1) is 12.0. The fraction of sp³-hybridized carbons (Fsp3) is 0.350. The van der Waals surface area contributed by atoms with Crippen LogP contribution in [0.2, 0.25) is 5.02 Å². The van der Waals surface area contributed by atoms with Crippen LogP contribution in [0.1, 0.15) is 31.4 Å². The van der Waals surface area contributed by atoms with Crippen molar-refractivity contribution in [2.75, 3.05) is 6.61 Å². The summed E-state index contributed by atoms with van der Waals surface area (Å²) in [6.45, 7) is 6.85. The standard InChI is InChI=1S/C20H24ClNO3/c1-4-19(25-17-10-11-18(21)14(3)12-17)20(23)22-13-15-6-8-16(9-7-15)24-5-2/h6-12,19H,4-5,13H2,1-3H3,(H,22,23)/t19-/m0/s1. The molecule has 1 amide bonds. The van der Waals surface area contributed by atoms with Crippen molar-refractivity contribution in [2.24, 2.45) is 0 Å². The van der Waals surface area contributed by atoms with Crippen LogP contribution in [0.25, 0.3) is 0 Å². The zero-order valence-electron chi connectivity index (χ0n) is 14.8. The van der Waals surface area contributed by atoms with Gasteiger partial charge < -0.3 is 14.8 Å². The molecule has 5 heteroatoms. The van der Waals surface area contributed by atoms with Crippen molar-refractivity contribution in [3.63, 3.8) is 0 Å². The van der Waals surface area contributed by atoms with E-state index in [2.05, 4.69) is 5.32 Å². The first kappa shape index (κ1) is 19.1. The molecule has 4 nitrogen and oxygen atoms in total. The third kappa shape index (κ3) is 5.68. The number of ether oxygens (including phenoxy) is 2. The van der Waals surface area contributed by atoms with E-state index in [0.29, 0.717) is 30.3 Å². The number of halogens is 1. The maximum Gasteiger partial charge on any atom is 0.261 e. The second kappa shape index (κ2) is 9.33. The molecule has 0 saturated carbocycles. The van der Waals surface area contributed by atoms with Crippen molar-refractivity contribution in [3.05, 3.63) is 58.6 Å². The van der Waals surface area contributed by atoms with E-state index in [1.54, 1.807) is 12.1 Å². The molecule has 0 aliphatic rings. The molecule has 0 saturated heterocycles. The van der Waals surface area contributed by atoms with Gasteiger partial charge in [-0.1, -0.05) is 30.7 Å². The van der Waals surface area contributed by atoms with Crippen LogP contribution >= 0.6 is 11.6 Å². The normalized spacial score (nSPS) is 11.7. The van der Waals surface area contributed by atoms with Gasteiger partial charge in [-0.2, -0.15) is 0 Å². The smallest absolute Gasteiger partial charge is 0.261 e. The average molecular weight is 362 g/mol. The summed E-state index contributed by atoms with van der Waals surface area (Å²) in [5, 5.41) is 3.60. The second-order valence-corrected chi connectivity index (χ2v) is 6.13. The maximum absolute atomic E-state index is 12.4. The molecule has 2 aromatic carbocycles. The number of benzene rings is 2. The Labute approximate surface area is 154 Å². The Balaban J connectivity index is 1.91. The summed E-state index contributed by atoms with van der Waals surface area (Å²) in [7, 11) is 0. The number of nitrogens with one attached hydrogen (secondary N) is 1. The Morgan fingerprint density at radius 1 is 1.12 bits per heavy atom. The highest BCUT2D eigenvalue weighted by molar-refractivity contribution is 6.31. The predicted octanol–water partition coefficient (Wildman–Crippen LogP) is 4.52. The third-order valence-electron chi connectivity index (χ3n) is 3.77. The highest BCUT2D eigenvalue weighted by Gasteiger charge is 2.18. The fourth-order valence-electron chi connectivity index (χ4n) is 2.35. The lowest BCUT2D eigenvalue weighted by molar-refractivity contribution is -0.128. The van der Waals surface area contributed by atoms with Crippen LogP contribution in [0.15, 0.2) is 42.5 Å². The number of carbonyl (C=O) groups excluding carboxylic acids is 1. The first-order valence-corrected chi connectivity index (χ1v) is 8.83. The van der Waals surface area contributed by atoms with Crippen molar-refractivity contribution in [1.82, 2.24) is 5.32 Å². The molecule has 2 aromatic rings. The van der Waals surface area contributed by atoms with Crippen LogP contribution in [-0.4, -0.2) is 18.6 Å². The van der Waals surface area contributed by atoms with Gasteiger partial charge in [-0.05, 0) is 61.7 Å². The lowest BCUT2D eigenvalue weighted by Gasteiger charge is -2.18. The van der Waals surface area contributed by atoms with Crippen LogP contribution in [0, 0.1) is 6.92 Å². The average Bonchev–Trinajstić information content (AvgIpc) is 2.62. The minimum atomic E-state index is -0.539. The molecule has 0 fully saturated rings. The lowest BCUT2D eigenvalue weighted by atomic mass is 10.2. The second-order valence-electron chi connectivity index (χ2n) is 5.72. The van der Waals surface area contributed by atoms with Gasteiger partial charge >= 0.3 is 0 Å². The zero-order valence-corrected chi connectivity index (χ0v) is 15.6. The molecule has 2 rings (SSSR count). The summed E-state index contributed by atoms with van der Waals surface area (Å²) in [6.07, 6.45) is 0.0415. The highest BCUT2D eigenvalue weighted by atomic mass is 35.5. The largest absolute Gasteiger partial charge is 0.494 e. The van der Waals surface area contributed by atoms with E-state index in [1.165, 1.54) is 0 Å². The van der Waals surface area contributed by atoms with E-state index in [9.17, 15) is 4.79 Å². The number of rotatable bonds is 8. The summed E-state index contributed by atoms with van der Waals surface area (Å²) in [5.41, 5.74) is 1.93. The van der Waals surface area contributed by atoms with Crippen molar-refractivity contribution >= 4 is 17.5 Å². The van der Waals surface area contributed by atoms with Gasteiger partial charge in [0, 0.05) is 11.6 Å². The van der Waals surface area contributed by atoms with Gasteiger partial charge in [0.15, 0.2) is 6.10 Å². The Morgan fingerprint density at radius 3 is 2.40 bits per heavy atom. The van der Waals surface area contributed by atoms with Gasteiger partial charge in [0.2, 0.25) is 0 Å². The molecule has 0 radical (unpaired) electrons. The van der Waals surface area contributed by atoms with Gasteiger partial charge in [-0.25, -0.2) is 0 Å². The van der Waals surface area contributed by atoms with E-state index in [0.717, 1.165) is 16.9 Å². The molecule has 0 aliphatic carbocycles. The molecule has 1 N–H and O–H groups in total. The number of hydrogen-bond donors (Lipinski definition) is 1. The highest BCUT2D eigenvalue weighted by Crippen LogP contribution is 2.22. The Hall–Kier alpha value is -2.20. The first-order valence-electron chi connectivity index (χ1n) is 8.45. The zero-order chi connectivity index (χ0) is 18.2. The Bertz CT molecular complexity index is 701. The Kier molecular flexibility index (Phi) is 7.14. The molecule has 0 aliphatic heterocycles. The number of amides is 1. The van der Waals surface area contributed by atoms with Crippen LogP contribution < -0.4 is 14.8 Å². The SMILES string of the molecule is CCOc1ccc(CNC(=O)[C@H](CC)Oc2ccc(Cl)c(C)c2)cc1. The van der Waals surface area contributed by atoms with Gasteiger partial charge in [0.05, 0.1) is 6.61 Å². The van der Waals surface area contributed by atoms with Crippen LogP contribution in [0.3, 0.4) is 0 Å². The predicted molar refractivity (Wildman–Crippen MR) is 100 cm³/mol. The molecule has 0 heterocycles. The third-order valence-corrected chi connectivity index (χ3v) is 4.20. The summed E-state index contributed by atoms with van der Waals surface area (Å²) in [5.74, 6) is 1.33. The molecule has 0 bridgehead atoms. The summed E-state index contributed by atoms with van der Waals surface area (Å²) in [4.78, 5) is 12.4. The van der Waals surface area contributed by atoms with Crippen LogP contribution in [0.5, 0.6) is 11.5 Å². The number of hydrogen-bond acceptors (Lipinski definition) is 3. The topological polar surface area (TPSA) is 47.6 Å². The van der Waals surface area contributed by atoms with E-state index in [4.69, 9.17) is 21.1 Å². The minimum Gasteiger partial charge on any atom is -0.494 e. The van der Waals surface area contributed by atoms with Gasteiger partial charge in [-0.15, -0.1) is 0 Å². The fourth-order valence-corrected chi connectivity index (χ4v) is 2.47. The van der Waals surface area contributed by atoms with Crippen molar-refractivity contribution < 1.29 is 14.3 Å². The lowest BCUT2D eigenvalue weighted by Crippen LogP contribution is -2.37. The molecule has 0 spiro atoms. The molecule has 134 valence electrons. The van der Waals surface area contributed by atoms with Crippen molar-refractivity contribution in [2.45, 2.75) is 39.8 Å². The molecule has 0 aromatic heterocycles. The molecule has 0 unspecified atom stereocenters. The van der Waals surface area contributed by atoms with Gasteiger partial charge in [0.25, 0.3) is 5.91 Å². The van der Waals surface area contributed by atoms with Gasteiger partial charge in [-0.3, -0.25) is 4.79 Å². The summed E-state index contributed by atoms with van der Waals surface area (Å²) < 4.78 is 11.2. The maximum atomic E-state index is 12.4. The van der Waals surface area contributed by atoms with E-state index < -0.39 is 6.10 Å². The van der Waals surface area contributed by atoms with Gasteiger partial charge in [0.1, 0.15) is 11.5 Å². The van der Waals surface area contributed by atoms with Crippen LogP contribution in [-0.2, 0) is 11.3 Å². The molecule has 25 heavy (non-hydrogen) atoms. The quantitative estimate of drug-likeness (QED) is 0.751. The number of carbonyl (C=O) groups is 1. The molecular weight excluding hydrogens is 338 g/mol. The summed E-state index contributed by atoms with van der Waals surface area (Å²) in [6, 6.07) is 13.1. The summed E-state index contributed by atoms with van der Waals surface area (Å²) >= 11 is 6.02. The monoisotopic (exact) mass is 361 g/mol. The van der Waals surface area contributed by atoms with Crippen LogP contribution in [0.4, 0.5) is 0 Å². The minimum absolute atomic E-state index is 0.135. The van der Waals surface area contributed by atoms with E-state index >= 15 is 0 Å².